The number of nitrogens with one attached hydrogen (secondary N) is 3. The Morgan fingerprint density at radius 1 is 1.09 bits per heavy atom. The third-order valence-corrected chi connectivity index (χ3v) is 6.03. The van der Waals surface area contributed by atoms with Crippen molar-refractivity contribution in [1.29, 1.82) is 0 Å². The molecule has 1 aliphatic rings. The molecular formula is C26H29N3O3. The van der Waals surface area contributed by atoms with Gasteiger partial charge in [-0.15, -0.1) is 0 Å². The minimum atomic E-state index is -0.318. The van der Waals surface area contributed by atoms with E-state index in [-0.39, 0.29) is 17.5 Å². The summed E-state index contributed by atoms with van der Waals surface area (Å²) >= 11 is 0. The summed E-state index contributed by atoms with van der Waals surface area (Å²) in [6.45, 7) is 0.624. The van der Waals surface area contributed by atoms with Crippen molar-refractivity contribution in [2.45, 2.75) is 32.1 Å². The number of H-pyrrole nitrogens is 1. The van der Waals surface area contributed by atoms with Crippen LogP contribution in [0.1, 0.15) is 48.0 Å². The Labute approximate surface area is 188 Å². The number of ether oxygens (including phenoxy) is 1. The Morgan fingerprint density at radius 2 is 1.88 bits per heavy atom. The summed E-state index contributed by atoms with van der Waals surface area (Å²) in [5.41, 5.74) is 2.45. The molecule has 6 nitrogen and oxygen atoms in total. The van der Waals surface area contributed by atoms with Gasteiger partial charge in [-0.3, -0.25) is 9.59 Å². The van der Waals surface area contributed by atoms with Gasteiger partial charge in [0.2, 0.25) is 0 Å². The molecule has 3 N–H and O–H groups in total. The number of amides is 2. The van der Waals surface area contributed by atoms with Gasteiger partial charge in [-0.1, -0.05) is 37.5 Å². The second kappa shape index (κ2) is 10.2. The third-order valence-electron chi connectivity index (χ3n) is 6.03. The second-order valence-corrected chi connectivity index (χ2v) is 8.25. The van der Waals surface area contributed by atoms with Crippen LogP contribution in [0.25, 0.3) is 17.0 Å². The summed E-state index contributed by atoms with van der Waals surface area (Å²) in [6, 6.07) is 14.6. The quantitative estimate of drug-likeness (QED) is 0.477. The van der Waals surface area contributed by atoms with Crippen molar-refractivity contribution in [2.75, 3.05) is 13.7 Å². The molecular weight excluding hydrogens is 402 g/mol. The summed E-state index contributed by atoms with van der Waals surface area (Å²) in [4.78, 5) is 29.1. The molecule has 1 aromatic heterocycles. The van der Waals surface area contributed by atoms with E-state index >= 15 is 0 Å². The summed E-state index contributed by atoms with van der Waals surface area (Å²) in [5.74, 6) is 0.624. The Hall–Kier alpha value is -3.54. The number of hydrogen-bond acceptors (Lipinski definition) is 3. The van der Waals surface area contributed by atoms with Crippen molar-refractivity contribution < 1.29 is 14.3 Å². The molecule has 0 atom stereocenters. The van der Waals surface area contributed by atoms with E-state index in [1.165, 1.54) is 19.3 Å². The first-order valence-corrected chi connectivity index (χ1v) is 11.2. The molecule has 0 bridgehead atoms. The fourth-order valence-electron chi connectivity index (χ4n) is 4.19. The molecule has 166 valence electrons. The molecule has 0 unspecified atom stereocenters. The fourth-order valence-corrected chi connectivity index (χ4v) is 4.19. The van der Waals surface area contributed by atoms with Crippen LogP contribution >= 0.6 is 0 Å². The van der Waals surface area contributed by atoms with E-state index in [2.05, 4.69) is 15.6 Å². The number of carbonyl (C=O) groups excluding carboxylic acids is 2. The topological polar surface area (TPSA) is 83.2 Å². The number of rotatable bonds is 7. The van der Waals surface area contributed by atoms with Crippen LogP contribution in [-0.4, -0.2) is 30.5 Å². The van der Waals surface area contributed by atoms with Gasteiger partial charge in [-0.2, -0.15) is 0 Å². The zero-order valence-corrected chi connectivity index (χ0v) is 18.3. The predicted molar refractivity (Wildman–Crippen MR) is 126 cm³/mol. The van der Waals surface area contributed by atoms with Crippen LogP contribution in [0, 0.1) is 5.92 Å². The number of methoxy groups -OCH3 is 1. The van der Waals surface area contributed by atoms with Gasteiger partial charge in [-0.25, -0.2) is 0 Å². The van der Waals surface area contributed by atoms with Gasteiger partial charge < -0.3 is 20.4 Å². The van der Waals surface area contributed by atoms with Crippen LogP contribution < -0.4 is 15.4 Å². The lowest BCUT2D eigenvalue weighted by Crippen LogP contribution is -2.37. The molecule has 2 aromatic carbocycles. The number of fused-ring (bicyclic) bond motifs is 1. The molecule has 6 heteroatoms. The van der Waals surface area contributed by atoms with Gasteiger partial charge in [0.05, 0.1) is 7.11 Å². The van der Waals surface area contributed by atoms with Crippen molar-refractivity contribution in [3.8, 4) is 5.75 Å². The van der Waals surface area contributed by atoms with E-state index in [9.17, 15) is 9.59 Å². The van der Waals surface area contributed by atoms with Gasteiger partial charge >= 0.3 is 0 Å². The van der Waals surface area contributed by atoms with Crippen LogP contribution in [0.5, 0.6) is 5.75 Å². The lowest BCUT2D eigenvalue weighted by Gasteiger charge is -2.22. The average Bonchev–Trinajstić information content (AvgIpc) is 3.25. The van der Waals surface area contributed by atoms with Crippen LogP contribution in [0.2, 0.25) is 0 Å². The second-order valence-electron chi connectivity index (χ2n) is 8.25. The van der Waals surface area contributed by atoms with Gasteiger partial charge in [0.25, 0.3) is 11.8 Å². The summed E-state index contributed by atoms with van der Waals surface area (Å²) in [6.07, 6.45) is 9.52. The highest BCUT2D eigenvalue weighted by molar-refractivity contribution is 6.06. The van der Waals surface area contributed by atoms with Crippen molar-refractivity contribution in [1.82, 2.24) is 15.6 Å². The highest BCUT2D eigenvalue weighted by Crippen LogP contribution is 2.26. The molecule has 1 heterocycles. The largest absolute Gasteiger partial charge is 0.497 e. The number of hydrogen-bond donors (Lipinski definition) is 3. The maximum absolute atomic E-state index is 13.1. The van der Waals surface area contributed by atoms with Crippen molar-refractivity contribution in [3.05, 3.63) is 71.6 Å². The normalized spacial score (nSPS) is 14.8. The van der Waals surface area contributed by atoms with Gasteiger partial charge in [0, 0.05) is 34.8 Å². The van der Waals surface area contributed by atoms with Gasteiger partial charge in [0.15, 0.2) is 0 Å². The van der Waals surface area contributed by atoms with Crippen LogP contribution in [0.15, 0.2) is 60.4 Å². The number of benzene rings is 2. The van der Waals surface area contributed by atoms with E-state index < -0.39 is 0 Å². The maximum atomic E-state index is 13.1. The van der Waals surface area contributed by atoms with E-state index in [1.54, 1.807) is 37.5 Å². The molecule has 1 aliphatic carbocycles. The molecule has 3 aromatic rings. The molecule has 1 saturated carbocycles. The monoisotopic (exact) mass is 431 g/mol. The number of aromatic nitrogens is 1. The summed E-state index contributed by atoms with van der Waals surface area (Å²) in [5, 5.41) is 6.77. The first-order chi connectivity index (χ1) is 15.6. The van der Waals surface area contributed by atoms with E-state index in [1.807, 2.05) is 30.5 Å². The van der Waals surface area contributed by atoms with Crippen molar-refractivity contribution in [2.24, 2.45) is 5.92 Å². The van der Waals surface area contributed by atoms with E-state index in [0.29, 0.717) is 18.0 Å². The lowest BCUT2D eigenvalue weighted by molar-refractivity contribution is -0.117. The minimum absolute atomic E-state index is 0.221. The summed E-state index contributed by atoms with van der Waals surface area (Å²) in [7, 11) is 1.62. The Balaban J connectivity index is 1.60. The standard InChI is InChI=1S/C26H29N3O3/c1-32-21-12-13-23-22(15-21)20(17-27-23)14-24(29-25(30)19-10-6-3-7-11-19)26(31)28-16-18-8-4-2-5-9-18/h3,6-7,10-15,17-18,27H,2,4-5,8-9,16H2,1H3,(H,28,31)(H,29,30). The van der Waals surface area contributed by atoms with Crippen LogP contribution in [0.3, 0.4) is 0 Å². The maximum Gasteiger partial charge on any atom is 0.267 e. The van der Waals surface area contributed by atoms with Gasteiger partial charge in [-0.05, 0) is 55.2 Å². The fraction of sp³-hybridized carbons (Fsp3) is 0.308. The first-order valence-electron chi connectivity index (χ1n) is 11.2. The minimum Gasteiger partial charge on any atom is -0.497 e. The number of aromatic amines is 1. The van der Waals surface area contributed by atoms with Crippen molar-refractivity contribution in [3.63, 3.8) is 0 Å². The molecule has 1 fully saturated rings. The lowest BCUT2D eigenvalue weighted by atomic mass is 9.89. The molecule has 0 radical (unpaired) electrons. The van der Waals surface area contributed by atoms with Gasteiger partial charge in [0.1, 0.15) is 11.4 Å². The Kier molecular flexibility index (Phi) is 6.90. The zero-order valence-electron chi connectivity index (χ0n) is 18.3. The predicted octanol–water partition coefficient (Wildman–Crippen LogP) is 4.64. The third kappa shape index (κ3) is 5.19. The molecule has 0 aliphatic heterocycles. The Morgan fingerprint density at radius 3 is 2.62 bits per heavy atom. The van der Waals surface area contributed by atoms with E-state index in [0.717, 1.165) is 35.1 Å². The van der Waals surface area contributed by atoms with E-state index in [4.69, 9.17) is 4.74 Å². The SMILES string of the molecule is COc1ccc2[nH]cc(C=C(NC(=O)c3ccccc3)C(=O)NCC3CCCCC3)c2c1. The zero-order chi connectivity index (χ0) is 22.3. The Bertz CT molecular complexity index is 1110. The first kappa shape index (κ1) is 21.7. The smallest absolute Gasteiger partial charge is 0.267 e. The summed E-state index contributed by atoms with van der Waals surface area (Å²) < 4.78 is 5.34. The highest BCUT2D eigenvalue weighted by Gasteiger charge is 2.18. The van der Waals surface area contributed by atoms with Crippen LogP contribution in [0.4, 0.5) is 0 Å². The molecule has 0 saturated heterocycles. The highest BCUT2D eigenvalue weighted by atomic mass is 16.5. The average molecular weight is 432 g/mol. The molecule has 4 rings (SSSR count). The molecule has 32 heavy (non-hydrogen) atoms. The molecule has 0 spiro atoms. The van der Waals surface area contributed by atoms with Crippen molar-refractivity contribution >= 4 is 28.8 Å². The molecule has 2 amide bonds. The number of carbonyl (C=O) groups is 2. The van der Waals surface area contributed by atoms with Crippen LogP contribution in [-0.2, 0) is 4.79 Å².